The summed E-state index contributed by atoms with van der Waals surface area (Å²) >= 11 is 0. The van der Waals surface area contributed by atoms with Crippen molar-refractivity contribution in [3.8, 4) is 16.9 Å². The van der Waals surface area contributed by atoms with Crippen LogP contribution in [0.5, 0.6) is 0 Å². The number of nitrogens with one attached hydrogen (secondary N) is 1. The van der Waals surface area contributed by atoms with Crippen LogP contribution in [0.15, 0.2) is 90.2 Å². The molecular formula is C22H16FN5O2. The van der Waals surface area contributed by atoms with Crippen molar-refractivity contribution >= 4 is 17.6 Å². The summed E-state index contributed by atoms with van der Waals surface area (Å²) in [6.45, 7) is 0. The number of non-ortho nitro benzene ring substituents is 1. The first-order valence-corrected chi connectivity index (χ1v) is 9.05. The number of rotatable bonds is 6. The van der Waals surface area contributed by atoms with E-state index in [0.717, 1.165) is 16.8 Å². The molecule has 1 heterocycles. The molecule has 4 aromatic rings. The van der Waals surface area contributed by atoms with Crippen LogP contribution in [0, 0.1) is 15.9 Å². The third-order valence-electron chi connectivity index (χ3n) is 4.36. The van der Waals surface area contributed by atoms with Crippen LogP contribution >= 0.6 is 0 Å². The van der Waals surface area contributed by atoms with Crippen LogP contribution in [0.25, 0.3) is 16.9 Å². The summed E-state index contributed by atoms with van der Waals surface area (Å²) in [5, 5.41) is 19.6. The highest BCUT2D eigenvalue weighted by molar-refractivity contribution is 5.89. The molecule has 0 fully saturated rings. The van der Waals surface area contributed by atoms with Crippen molar-refractivity contribution in [1.29, 1.82) is 0 Å². The lowest BCUT2D eigenvalue weighted by Gasteiger charge is -2.01. The zero-order valence-electron chi connectivity index (χ0n) is 15.6. The fraction of sp³-hybridized carbons (Fsp3) is 0. The van der Waals surface area contributed by atoms with Crippen molar-refractivity contribution in [1.82, 2.24) is 9.78 Å². The molecule has 148 valence electrons. The Morgan fingerprint density at radius 2 is 1.70 bits per heavy atom. The number of nitro benzene ring substituents is 1. The van der Waals surface area contributed by atoms with Gasteiger partial charge in [0.15, 0.2) is 0 Å². The van der Waals surface area contributed by atoms with Gasteiger partial charge in [-0.3, -0.25) is 15.5 Å². The molecule has 0 atom stereocenters. The zero-order valence-corrected chi connectivity index (χ0v) is 15.6. The summed E-state index contributed by atoms with van der Waals surface area (Å²) < 4.78 is 15.1. The van der Waals surface area contributed by atoms with Crippen molar-refractivity contribution in [3.05, 3.63) is 107 Å². The Bertz CT molecular complexity index is 1190. The molecular weight excluding hydrogens is 385 g/mol. The fourth-order valence-electron chi connectivity index (χ4n) is 2.86. The summed E-state index contributed by atoms with van der Waals surface area (Å²) in [7, 11) is 0. The number of nitrogens with zero attached hydrogens (tertiary/aromatic N) is 4. The van der Waals surface area contributed by atoms with Gasteiger partial charge in [0.25, 0.3) is 5.69 Å². The maximum absolute atomic E-state index is 13.3. The lowest BCUT2D eigenvalue weighted by atomic mass is 10.1. The largest absolute Gasteiger partial charge is 0.278 e. The van der Waals surface area contributed by atoms with Gasteiger partial charge in [-0.25, -0.2) is 9.07 Å². The molecule has 0 unspecified atom stereocenters. The second-order valence-corrected chi connectivity index (χ2v) is 6.39. The van der Waals surface area contributed by atoms with E-state index in [0.29, 0.717) is 11.4 Å². The summed E-state index contributed by atoms with van der Waals surface area (Å²) in [5.74, 6) is -0.323. The van der Waals surface area contributed by atoms with Gasteiger partial charge in [0.1, 0.15) is 11.5 Å². The van der Waals surface area contributed by atoms with Crippen LogP contribution in [-0.4, -0.2) is 20.9 Å². The topological polar surface area (TPSA) is 85.4 Å². The number of hydrogen-bond donors (Lipinski definition) is 1. The molecule has 0 aliphatic heterocycles. The standard InChI is InChI=1S/C22H16FN5O2/c23-18-8-6-16(7-9-18)22-17(15-27(26-22)20-4-2-1-3-5-20)14-24-25-19-10-12-21(13-11-19)28(29)30/h1-15,25H/b24-14+. The van der Waals surface area contributed by atoms with E-state index in [-0.39, 0.29) is 11.5 Å². The quantitative estimate of drug-likeness (QED) is 0.279. The van der Waals surface area contributed by atoms with Crippen molar-refractivity contribution in [2.24, 2.45) is 5.10 Å². The molecule has 0 aliphatic rings. The van der Waals surface area contributed by atoms with E-state index in [2.05, 4.69) is 15.6 Å². The molecule has 7 nitrogen and oxygen atoms in total. The Hall–Kier alpha value is -4.33. The predicted molar refractivity (Wildman–Crippen MR) is 113 cm³/mol. The Morgan fingerprint density at radius 1 is 1.00 bits per heavy atom. The number of benzene rings is 3. The molecule has 0 saturated carbocycles. The summed E-state index contributed by atoms with van der Waals surface area (Å²) in [6.07, 6.45) is 3.43. The minimum Gasteiger partial charge on any atom is -0.278 e. The molecule has 30 heavy (non-hydrogen) atoms. The monoisotopic (exact) mass is 401 g/mol. The third kappa shape index (κ3) is 4.22. The van der Waals surface area contributed by atoms with Crippen molar-refractivity contribution in [2.75, 3.05) is 5.43 Å². The molecule has 1 N–H and O–H groups in total. The summed E-state index contributed by atoms with van der Waals surface area (Å²) in [6, 6.07) is 21.6. The second-order valence-electron chi connectivity index (χ2n) is 6.39. The zero-order chi connectivity index (χ0) is 20.9. The number of nitro groups is 1. The number of anilines is 1. The van der Waals surface area contributed by atoms with Crippen LogP contribution < -0.4 is 5.43 Å². The van der Waals surface area contributed by atoms with E-state index in [1.54, 1.807) is 35.2 Å². The van der Waals surface area contributed by atoms with Crippen LogP contribution in [0.1, 0.15) is 5.56 Å². The van der Waals surface area contributed by atoms with Gasteiger partial charge in [0, 0.05) is 29.5 Å². The number of hydrogen-bond acceptors (Lipinski definition) is 5. The molecule has 8 heteroatoms. The van der Waals surface area contributed by atoms with E-state index in [1.165, 1.54) is 24.3 Å². The lowest BCUT2D eigenvalue weighted by Crippen LogP contribution is -1.94. The van der Waals surface area contributed by atoms with Crippen molar-refractivity contribution in [3.63, 3.8) is 0 Å². The first kappa shape index (κ1) is 19.0. The molecule has 0 spiro atoms. The van der Waals surface area contributed by atoms with E-state index >= 15 is 0 Å². The maximum Gasteiger partial charge on any atom is 0.269 e. The van der Waals surface area contributed by atoms with Crippen LogP contribution in [0.4, 0.5) is 15.8 Å². The smallest absolute Gasteiger partial charge is 0.269 e. The van der Waals surface area contributed by atoms with E-state index in [4.69, 9.17) is 0 Å². The van der Waals surface area contributed by atoms with Gasteiger partial charge in [-0.15, -0.1) is 0 Å². The number of hydrazone groups is 1. The summed E-state index contributed by atoms with van der Waals surface area (Å²) in [5.41, 5.74) is 6.46. The van der Waals surface area contributed by atoms with Gasteiger partial charge in [0.05, 0.1) is 22.5 Å². The first-order chi connectivity index (χ1) is 14.6. The van der Waals surface area contributed by atoms with Crippen LogP contribution in [0.3, 0.4) is 0 Å². The minimum atomic E-state index is -0.458. The van der Waals surface area contributed by atoms with Gasteiger partial charge < -0.3 is 0 Å². The summed E-state index contributed by atoms with van der Waals surface area (Å²) in [4.78, 5) is 10.3. The minimum absolute atomic E-state index is 0.00673. The van der Waals surface area contributed by atoms with Crippen LogP contribution in [-0.2, 0) is 0 Å². The first-order valence-electron chi connectivity index (χ1n) is 9.05. The Balaban J connectivity index is 1.63. The Labute approximate surface area is 171 Å². The van der Waals surface area contributed by atoms with Gasteiger partial charge in [-0.05, 0) is 48.5 Å². The molecule has 1 aromatic heterocycles. The normalized spacial score (nSPS) is 11.0. The SMILES string of the molecule is O=[N+]([O-])c1ccc(N/N=C/c2cn(-c3ccccc3)nc2-c2ccc(F)cc2)cc1. The van der Waals surface area contributed by atoms with Gasteiger partial charge in [0.2, 0.25) is 0 Å². The molecule has 0 radical (unpaired) electrons. The van der Waals surface area contributed by atoms with Crippen molar-refractivity contribution in [2.45, 2.75) is 0 Å². The third-order valence-corrected chi connectivity index (χ3v) is 4.36. The average molecular weight is 401 g/mol. The lowest BCUT2D eigenvalue weighted by molar-refractivity contribution is -0.384. The highest BCUT2D eigenvalue weighted by Gasteiger charge is 2.11. The Kier molecular flexibility index (Phi) is 5.29. The molecule has 0 bridgehead atoms. The van der Waals surface area contributed by atoms with Gasteiger partial charge in [-0.2, -0.15) is 10.2 Å². The molecule has 0 amide bonds. The molecule has 0 aliphatic carbocycles. The van der Waals surface area contributed by atoms with Crippen molar-refractivity contribution < 1.29 is 9.31 Å². The average Bonchev–Trinajstić information content (AvgIpc) is 3.19. The molecule has 3 aromatic carbocycles. The number of para-hydroxylation sites is 1. The van der Waals surface area contributed by atoms with Gasteiger partial charge >= 0.3 is 0 Å². The van der Waals surface area contributed by atoms with E-state index in [9.17, 15) is 14.5 Å². The number of halogens is 1. The molecule has 4 rings (SSSR count). The fourth-order valence-corrected chi connectivity index (χ4v) is 2.86. The Morgan fingerprint density at radius 3 is 2.37 bits per heavy atom. The van der Waals surface area contributed by atoms with E-state index < -0.39 is 4.92 Å². The second kappa shape index (κ2) is 8.36. The number of aromatic nitrogens is 2. The predicted octanol–water partition coefficient (Wildman–Crippen LogP) is 5.03. The highest BCUT2D eigenvalue weighted by atomic mass is 19.1. The molecule has 0 saturated heterocycles. The highest BCUT2D eigenvalue weighted by Crippen LogP contribution is 2.23. The van der Waals surface area contributed by atoms with Gasteiger partial charge in [-0.1, -0.05) is 18.2 Å². The van der Waals surface area contributed by atoms with Crippen LogP contribution in [0.2, 0.25) is 0 Å². The maximum atomic E-state index is 13.3. The van der Waals surface area contributed by atoms with E-state index in [1.807, 2.05) is 36.5 Å².